The number of hydrogen-bond donors (Lipinski definition) is 1. The average molecular weight is 358 g/mol. The summed E-state index contributed by atoms with van der Waals surface area (Å²) in [6.07, 6.45) is 7.75. The third-order valence-corrected chi connectivity index (χ3v) is 4.56. The minimum atomic E-state index is -0.451. The second-order valence-corrected chi connectivity index (χ2v) is 6.71. The summed E-state index contributed by atoms with van der Waals surface area (Å²) in [4.78, 5) is 12.7. The van der Waals surface area contributed by atoms with Crippen LogP contribution in [0.4, 0.5) is 5.88 Å². The van der Waals surface area contributed by atoms with E-state index in [0.717, 1.165) is 24.1 Å². The quantitative estimate of drug-likeness (QED) is 0.330. The lowest BCUT2D eigenvalue weighted by atomic mass is 10.1. The molecule has 5 nitrogen and oxygen atoms in total. The molecule has 1 atom stereocenters. The van der Waals surface area contributed by atoms with Gasteiger partial charge in [0.25, 0.3) is 0 Å². The van der Waals surface area contributed by atoms with Crippen molar-refractivity contribution in [3.05, 3.63) is 41.6 Å². The highest BCUT2D eigenvalue weighted by molar-refractivity contribution is 5.81. The van der Waals surface area contributed by atoms with Gasteiger partial charge in [-0.05, 0) is 32.4 Å². The fraction of sp³-hybridized carbons (Fsp3) is 0.524. The van der Waals surface area contributed by atoms with Crippen molar-refractivity contribution in [3.63, 3.8) is 0 Å². The Labute approximate surface area is 156 Å². The molecule has 0 aliphatic carbocycles. The Morgan fingerprint density at radius 1 is 1.12 bits per heavy atom. The van der Waals surface area contributed by atoms with Gasteiger partial charge in [-0.3, -0.25) is 0 Å². The normalized spacial score (nSPS) is 12.0. The molecular weight excluding hydrogens is 328 g/mol. The number of carbonyl (C=O) groups is 1. The van der Waals surface area contributed by atoms with Crippen molar-refractivity contribution in [2.45, 2.75) is 71.8 Å². The molecule has 0 fully saturated rings. The number of nitrogens with zero attached hydrogens (tertiary/aromatic N) is 1. The third-order valence-electron chi connectivity index (χ3n) is 4.56. The summed E-state index contributed by atoms with van der Waals surface area (Å²) in [6.45, 7) is 6.02. The predicted octanol–water partition coefficient (Wildman–Crippen LogP) is 5.43. The van der Waals surface area contributed by atoms with Crippen LogP contribution in [0.1, 0.15) is 63.1 Å². The van der Waals surface area contributed by atoms with Gasteiger partial charge in [0.15, 0.2) is 0 Å². The van der Waals surface area contributed by atoms with Gasteiger partial charge in [-0.25, -0.2) is 4.79 Å². The second kappa shape index (κ2) is 10.6. The summed E-state index contributed by atoms with van der Waals surface area (Å²) >= 11 is 0. The van der Waals surface area contributed by atoms with E-state index in [2.05, 4.69) is 17.4 Å². The van der Waals surface area contributed by atoms with Crippen LogP contribution < -0.4 is 10.1 Å². The number of rotatable bonds is 11. The highest BCUT2D eigenvalue weighted by Gasteiger charge is 2.23. The summed E-state index contributed by atoms with van der Waals surface area (Å²) in [6, 6.07) is 8.70. The molecule has 26 heavy (non-hydrogen) atoms. The lowest BCUT2D eigenvalue weighted by molar-refractivity contribution is -0.135. The van der Waals surface area contributed by atoms with Crippen LogP contribution in [0, 0.1) is 13.8 Å². The van der Waals surface area contributed by atoms with Crippen molar-refractivity contribution in [1.82, 2.24) is 5.16 Å². The zero-order valence-corrected chi connectivity index (χ0v) is 16.1. The number of anilines is 1. The topological polar surface area (TPSA) is 64.4 Å². The van der Waals surface area contributed by atoms with Crippen LogP contribution in [0.25, 0.3) is 0 Å². The van der Waals surface area contributed by atoms with Crippen molar-refractivity contribution < 1.29 is 14.1 Å². The molecule has 0 saturated carbocycles. The van der Waals surface area contributed by atoms with Gasteiger partial charge in [-0.15, -0.1) is 0 Å². The Morgan fingerprint density at radius 3 is 2.46 bits per heavy atom. The van der Waals surface area contributed by atoms with Gasteiger partial charge in [-0.2, -0.15) is 0 Å². The summed E-state index contributed by atoms with van der Waals surface area (Å²) < 4.78 is 10.8. The van der Waals surface area contributed by atoms with Gasteiger partial charge in [-0.1, -0.05) is 68.8 Å². The minimum absolute atomic E-state index is 0.293. The molecule has 0 amide bonds. The number of aryl methyl sites for hydroxylation is 1. The first-order chi connectivity index (χ1) is 12.6. The Hall–Kier alpha value is -2.30. The number of benzene rings is 1. The van der Waals surface area contributed by atoms with Gasteiger partial charge >= 0.3 is 5.97 Å². The number of para-hydroxylation sites is 1. The Bertz CT molecular complexity index is 667. The molecule has 1 N–H and O–H groups in total. The molecule has 2 rings (SSSR count). The Balaban J connectivity index is 1.95. The van der Waals surface area contributed by atoms with Gasteiger partial charge in [0.05, 0.1) is 5.69 Å². The molecule has 142 valence electrons. The van der Waals surface area contributed by atoms with E-state index < -0.39 is 6.04 Å². The maximum Gasteiger partial charge on any atom is 0.334 e. The first kappa shape index (κ1) is 20.0. The van der Waals surface area contributed by atoms with E-state index in [9.17, 15) is 4.79 Å². The smallest absolute Gasteiger partial charge is 0.334 e. The van der Waals surface area contributed by atoms with Crippen LogP contribution in [-0.4, -0.2) is 17.2 Å². The number of carbonyl (C=O) groups excluding carboxylic acids is 1. The molecular formula is C21H30N2O3. The van der Waals surface area contributed by atoms with Crippen molar-refractivity contribution in [2.75, 3.05) is 5.32 Å². The first-order valence-corrected chi connectivity index (χ1v) is 9.58. The van der Waals surface area contributed by atoms with Crippen LogP contribution in [-0.2, 0) is 4.79 Å². The third kappa shape index (κ3) is 6.21. The Kier molecular flexibility index (Phi) is 8.19. The monoisotopic (exact) mass is 358 g/mol. The zero-order chi connectivity index (χ0) is 18.8. The van der Waals surface area contributed by atoms with E-state index >= 15 is 0 Å². The van der Waals surface area contributed by atoms with Gasteiger partial charge < -0.3 is 14.6 Å². The van der Waals surface area contributed by atoms with Gasteiger partial charge in [0, 0.05) is 5.56 Å². The highest BCUT2D eigenvalue weighted by atomic mass is 16.5. The minimum Gasteiger partial charge on any atom is -0.425 e. The molecule has 1 aromatic heterocycles. The molecule has 0 radical (unpaired) electrons. The molecule has 1 aromatic carbocycles. The molecule has 0 aliphatic heterocycles. The van der Waals surface area contributed by atoms with Gasteiger partial charge in [0.2, 0.25) is 5.88 Å². The van der Waals surface area contributed by atoms with Crippen LogP contribution in [0.2, 0.25) is 0 Å². The lowest BCUT2D eigenvalue weighted by Crippen LogP contribution is -2.33. The van der Waals surface area contributed by atoms with Gasteiger partial charge in [0.1, 0.15) is 11.8 Å². The molecule has 0 bridgehead atoms. The van der Waals surface area contributed by atoms with Crippen molar-refractivity contribution in [2.24, 2.45) is 0 Å². The SMILES string of the molecule is CCCCCCCCC(Nc1onc(C)c1C)C(=O)Oc1ccccc1. The predicted molar refractivity (Wildman–Crippen MR) is 103 cm³/mol. The summed E-state index contributed by atoms with van der Waals surface area (Å²) in [7, 11) is 0. The van der Waals surface area contributed by atoms with E-state index in [0.29, 0.717) is 18.1 Å². The molecule has 1 unspecified atom stereocenters. The molecule has 0 aliphatic rings. The van der Waals surface area contributed by atoms with E-state index in [1.165, 1.54) is 25.7 Å². The van der Waals surface area contributed by atoms with E-state index in [1.807, 2.05) is 32.0 Å². The number of unbranched alkanes of at least 4 members (excludes halogenated alkanes) is 5. The first-order valence-electron chi connectivity index (χ1n) is 9.58. The highest BCUT2D eigenvalue weighted by Crippen LogP contribution is 2.21. The van der Waals surface area contributed by atoms with E-state index in [-0.39, 0.29) is 5.97 Å². The molecule has 5 heteroatoms. The Morgan fingerprint density at radius 2 is 1.81 bits per heavy atom. The van der Waals surface area contributed by atoms with Crippen molar-refractivity contribution in [3.8, 4) is 5.75 Å². The van der Waals surface area contributed by atoms with Crippen molar-refractivity contribution in [1.29, 1.82) is 0 Å². The standard InChI is InChI=1S/C21H30N2O3/c1-4-5-6-7-8-12-15-19(22-20-16(2)17(3)23-26-20)21(24)25-18-13-10-9-11-14-18/h9-11,13-14,19,22H,4-8,12,15H2,1-3H3. The van der Waals surface area contributed by atoms with Crippen LogP contribution in [0.3, 0.4) is 0 Å². The fourth-order valence-electron chi connectivity index (χ4n) is 2.76. The summed E-state index contributed by atoms with van der Waals surface area (Å²) in [5.74, 6) is 0.805. The van der Waals surface area contributed by atoms with E-state index in [1.54, 1.807) is 12.1 Å². The zero-order valence-electron chi connectivity index (χ0n) is 16.1. The number of hydrogen-bond acceptors (Lipinski definition) is 5. The van der Waals surface area contributed by atoms with Crippen LogP contribution in [0.5, 0.6) is 5.75 Å². The fourth-order valence-corrected chi connectivity index (χ4v) is 2.76. The second-order valence-electron chi connectivity index (χ2n) is 6.71. The number of ether oxygens (including phenoxy) is 1. The number of esters is 1. The maximum atomic E-state index is 12.7. The molecule has 0 spiro atoms. The molecule has 1 heterocycles. The largest absolute Gasteiger partial charge is 0.425 e. The maximum absolute atomic E-state index is 12.7. The average Bonchev–Trinajstić information content (AvgIpc) is 2.96. The van der Waals surface area contributed by atoms with Crippen LogP contribution >= 0.6 is 0 Å². The van der Waals surface area contributed by atoms with E-state index in [4.69, 9.17) is 9.26 Å². The molecule has 2 aromatic rings. The molecule has 0 saturated heterocycles. The van der Waals surface area contributed by atoms with Crippen LogP contribution in [0.15, 0.2) is 34.9 Å². The van der Waals surface area contributed by atoms with Crippen molar-refractivity contribution >= 4 is 11.9 Å². The summed E-state index contributed by atoms with van der Waals surface area (Å²) in [5.41, 5.74) is 1.74. The lowest BCUT2D eigenvalue weighted by Gasteiger charge is -2.17. The number of aromatic nitrogens is 1. The summed E-state index contributed by atoms with van der Waals surface area (Å²) in [5, 5.41) is 7.14. The number of nitrogens with one attached hydrogen (secondary N) is 1.